The Labute approximate surface area is 209 Å². The molecule has 1 fully saturated rings. The van der Waals surface area contributed by atoms with Crippen molar-refractivity contribution in [3.63, 3.8) is 0 Å². The van der Waals surface area contributed by atoms with Gasteiger partial charge in [0.25, 0.3) is 0 Å². The molecule has 0 radical (unpaired) electrons. The van der Waals surface area contributed by atoms with E-state index in [2.05, 4.69) is 0 Å². The second kappa shape index (κ2) is 7.05. The van der Waals surface area contributed by atoms with Crippen LogP contribution in [0.2, 0.25) is 0 Å². The normalized spacial score (nSPS) is 26.8. The molecule has 7 rings (SSSR count). The molecule has 3 aliphatic rings. The van der Waals surface area contributed by atoms with Crippen molar-refractivity contribution >= 4 is 21.5 Å². The Morgan fingerprint density at radius 1 is 0.556 bits per heavy atom. The zero-order chi connectivity index (χ0) is 25.0. The van der Waals surface area contributed by atoms with Gasteiger partial charge in [-0.25, -0.2) is 0 Å². The number of ether oxygens (including phenoxy) is 4. The van der Waals surface area contributed by atoms with Gasteiger partial charge in [-0.05, 0) is 45.9 Å². The van der Waals surface area contributed by atoms with E-state index >= 15 is 0 Å². The van der Waals surface area contributed by atoms with Crippen LogP contribution >= 0.6 is 0 Å². The third-order valence-electron chi connectivity index (χ3n) is 7.52. The first kappa shape index (κ1) is 21.8. The second-order valence-corrected chi connectivity index (χ2v) is 10.9. The molecule has 2 heterocycles. The van der Waals surface area contributed by atoms with Crippen molar-refractivity contribution in [1.29, 1.82) is 0 Å². The quantitative estimate of drug-likeness (QED) is 0.423. The molecule has 1 saturated carbocycles. The Bertz CT molecular complexity index is 1430. The Balaban J connectivity index is 1.33. The standard InChI is InChI=1S/C30H26O6/c1-29(2)33-19-9-5-7-15-11-13-17(27(35-29)21(15)19)23-25(31)24(26(23)32)18-14-12-16-8-6-10-20-22(16)28(18)36-30(3,4)34-20/h5-14,23-26H,1-4H3/q-2. The predicted molar refractivity (Wildman–Crippen MR) is 132 cm³/mol. The van der Waals surface area contributed by atoms with E-state index in [1.165, 1.54) is 0 Å². The molecule has 0 atom stereocenters. The molecule has 184 valence electrons. The van der Waals surface area contributed by atoms with Gasteiger partial charge in [-0.2, -0.15) is 0 Å². The van der Waals surface area contributed by atoms with E-state index in [1.54, 1.807) is 0 Å². The van der Waals surface area contributed by atoms with Crippen molar-refractivity contribution < 1.29 is 29.2 Å². The summed E-state index contributed by atoms with van der Waals surface area (Å²) >= 11 is 0. The molecular formula is C30H26O6-2. The zero-order valence-corrected chi connectivity index (χ0v) is 20.5. The zero-order valence-electron chi connectivity index (χ0n) is 20.5. The van der Waals surface area contributed by atoms with Crippen molar-refractivity contribution in [3.05, 3.63) is 71.8 Å². The molecule has 0 bridgehead atoms. The lowest BCUT2D eigenvalue weighted by Gasteiger charge is -2.62. The molecule has 6 heteroatoms. The van der Waals surface area contributed by atoms with Gasteiger partial charge in [-0.15, -0.1) is 12.2 Å². The maximum atomic E-state index is 13.8. The lowest BCUT2D eigenvalue weighted by Crippen LogP contribution is -2.64. The number of hydrogen-bond donors (Lipinski definition) is 0. The van der Waals surface area contributed by atoms with Gasteiger partial charge in [0.15, 0.2) is 0 Å². The molecule has 0 N–H and O–H groups in total. The van der Waals surface area contributed by atoms with Crippen LogP contribution in [0.25, 0.3) is 21.5 Å². The van der Waals surface area contributed by atoms with Gasteiger partial charge in [-0.1, -0.05) is 48.5 Å². The van der Waals surface area contributed by atoms with Crippen LogP contribution in [0, 0.1) is 0 Å². The van der Waals surface area contributed by atoms with Crippen molar-refractivity contribution in [2.75, 3.05) is 0 Å². The van der Waals surface area contributed by atoms with Crippen LogP contribution in [0.1, 0.15) is 50.7 Å². The summed E-state index contributed by atoms with van der Waals surface area (Å²) in [5.41, 5.74) is 1.31. The van der Waals surface area contributed by atoms with Gasteiger partial charge >= 0.3 is 0 Å². The average Bonchev–Trinajstić information content (AvgIpc) is 2.81. The molecular weight excluding hydrogens is 456 g/mol. The molecule has 0 spiro atoms. The summed E-state index contributed by atoms with van der Waals surface area (Å²) in [5, 5.41) is 31.2. The number of rotatable bonds is 2. The molecule has 4 aromatic carbocycles. The summed E-state index contributed by atoms with van der Waals surface area (Å²) in [5.74, 6) is -0.725. The highest BCUT2D eigenvalue weighted by Gasteiger charge is 2.44. The van der Waals surface area contributed by atoms with Crippen LogP contribution in [0.3, 0.4) is 0 Å². The van der Waals surface area contributed by atoms with Crippen LogP contribution in [0.15, 0.2) is 60.7 Å². The van der Waals surface area contributed by atoms with Crippen molar-refractivity contribution in [1.82, 2.24) is 0 Å². The van der Waals surface area contributed by atoms with Gasteiger partial charge in [-0.3, -0.25) is 0 Å². The van der Waals surface area contributed by atoms with Crippen molar-refractivity contribution in [2.45, 2.75) is 63.3 Å². The van der Waals surface area contributed by atoms with Crippen LogP contribution in [-0.4, -0.2) is 23.8 Å². The summed E-state index contributed by atoms with van der Waals surface area (Å²) < 4.78 is 24.5. The van der Waals surface area contributed by atoms with E-state index in [1.807, 2.05) is 88.4 Å². The van der Waals surface area contributed by atoms with Gasteiger partial charge in [0.1, 0.15) is 23.0 Å². The minimum Gasteiger partial charge on any atom is -0.851 e. The molecule has 4 aromatic rings. The molecule has 36 heavy (non-hydrogen) atoms. The highest BCUT2D eigenvalue weighted by atomic mass is 16.7. The SMILES string of the molecule is CC1(C)Oc2cccc3ccc(C4C([O-])C(c5ccc6cccc7c6c5OC(C)(C)O7)C4[O-])c(c23)O1. The minimum absolute atomic E-state index is 0.581. The van der Waals surface area contributed by atoms with E-state index in [0.29, 0.717) is 34.1 Å². The number of hydrogen-bond acceptors (Lipinski definition) is 6. The molecule has 2 aliphatic heterocycles. The van der Waals surface area contributed by atoms with Crippen molar-refractivity contribution in [3.8, 4) is 23.0 Å². The topological polar surface area (TPSA) is 83.0 Å². The predicted octanol–water partition coefficient (Wildman–Crippen LogP) is 4.35. The first-order valence-corrected chi connectivity index (χ1v) is 12.3. The van der Waals surface area contributed by atoms with Crippen LogP contribution in [-0.2, 0) is 0 Å². The fraction of sp³-hybridized carbons (Fsp3) is 0.333. The summed E-state index contributed by atoms with van der Waals surface area (Å²) in [6, 6.07) is 19.2. The van der Waals surface area contributed by atoms with E-state index in [4.69, 9.17) is 18.9 Å². The van der Waals surface area contributed by atoms with E-state index in [0.717, 1.165) is 21.5 Å². The van der Waals surface area contributed by atoms with E-state index in [9.17, 15) is 10.2 Å². The Morgan fingerprint density at radius 2 is 0.972 bits per heavy atom. The minimum atomic E-state index is -1.14. The van der Waals surface area contributed by atoms with Crippen LogP contribution in [0.5, 0.6) is 23.0 Å². The fourth-order valence-corrected chi connectivity index (χ4v) is 6.02. The highest BCUT2D eigenvalue weighted by molar-refractivity contribution is 5.97. The third kappa shape index (κ3) is 2.98. The monoisotopic (exact) mass is 482 g/mol. The first-order valence-electron chi connectivity index (χ1n) is 12.3. The second-order valence-electron chi connectivity index (χ2n) is 10.9. The summed E-state index contributed by atoms with van der Waals surface area (Å²) in [4.78, 5) is 0. The average molecular weight is 483 g/mol. The largest absolute Gasteiger partial charge is 0.851 e. The first-order chi connectivity index (χ1) is 17.1. The van der Waals surface area contributed by atoms with Gasteiger partial charge in [0.05, 0.1) is 10.8 Å². The Morgan fingerprint density at radius 3 is 1.39 bits per heavy atom. The lowest BCUT2D eigenvalue weighted by atomic mass is 9.62. The van der Waals surface area contributed by atoms with Crippen LogP contribution < -0.4 is 29.2 Å². The van der Waals surface area contributed by atoms with Gasteiger partial charge in [0.2, 0.25) is 11.6 Å². The number of benzene rings is 4. The summed E-state index contributed by atoms with van der Waals surface area (Å²) in [6.07, 6.45) is -2.28. The van der Waals surface area contributed by atoms with E-state index < -0.39 is 35.6 Å². The Hall–Kier alpha value is -3.48. The molecule has 1 aliphatic carbocycles. The van der Waals surface area contributed by atoms with Crippen LogP contribution in [0.4, 0.5) is 0 Å². The summed E-state index contributed by atoms with van der Waals surface area (Å²) in [6.45, 7) is 7.32. The fourth-order valence-electron chi connectivity index (χ4n) is 6.02. The molecule has 0 aromatic heterocycles. The molecule has 6 nitrogen and oxygen atoms in total. The third-order valence-corrected chi connectivity index (χ3v) is 7.52. The maximum Gasteiger partial charge on any atom is 0.245 e. The highest BCUT2D eigenvalue weighted by Crippen LogP contribution is 2.55. The lowest BCUT2D eigenvalue weighted by molar-refractivity contribution is -0.536. The smallest absolute Gasteiger partial charge is 0.245 e. The van der Waals surface area contributed by atoms with Gasteiger partial charge in [0, 0.05) is 27.7 Å². The Kier molecular flexibility index (Phi) is 4.27. The van der Waals surface area contributed by atoms with E-state index in [-0.39, 0.29) is 0 Å². The summed E-state index contributed by atoms with van der Waals surface area (Å²) in [7, 11) is 0. The molecule has 0 saturated heterocycles. The molecule has 0 amide bonds. The maximum absolute atomic E-state index is 13.8. The molecule has 0 unspecified atom stereocenters. The van der Waals surface area contributed by atoms with Crippen molar-refractivity contribution in [2.24, 2.45) is 0 Å². The van der Waals surface area contributed by atoms with Gasteiger partial charge < -0.3 is 29.2 Å².